The molecule has 0 spiro atoms. The number of nitrogens with zero attached hydrogens (tertiary/aromatic N) is 2. The summed E-state index contributed by atoms with van der Waals surface area (Å²) in [6.45, 7) is 8.25. The first-order valence-electron chi connectivity index (χ1n) is 10.0. The van der Waals surface area contributed by atoms with Crippen molar-refractivity contribution in [1.82, 2.24) is 4.72 Å². The topological polar surface area (TPSA) is 69.7 Å². The van der Waals surface area contributed by atoms with Crippen molar-refractivity contribution >= 4 is 27.3 Å². The molecular weight excluding hydrogens is 386 g/mol. The van der Waals surface area contributed by atoms with Gasteiger partial charge in [0.05, 0.1) is 4.90 Å². The quantitative estimate of drug-likeness (QED) is 0.719. The van der Waals surface area contributed by atoms with Crippen LogP contribution in [0.2, 0.25) is 0 Å². The standard InChI is InChI=1S/C22H29N3O3S/c1-4-24(19-8-5-7-17(2)15-19)14-12-23-29(27,28)21-11-10-20(16-18(21)3)25-13-6-9-22(25)26/h5,7-8,10-11,15-16,23H,4,6,9,12-14H2,1-3H3. The summed E-state index contributed by atoms with van der Waals surface area (Å²) in [4.78, 5) is 16.0. The molecule has 7 heteroatoms. The SMILES string of the molecule is CCN(CCNS(=O)(=O)c1ccc(N2CCCC2=O)cc1C)c1cccc(C)c1. The zero-order valence-corrected chi connectivity index (χ0v) is 18.1. The number of carbonyl (C=O) groups excluding carboxylic acids is 1. The van der Waals surface area contributed by atoms with Crippen molar-refractivity contribution in [2.45, 2.75) is 38.5 Å². The van der Waals surface area contributed by atoms with E-state index in [1.54, 1.807) is 30.0 Å². The Morgan fingerprint density at radius 1 is 1.14 bits per heavy atom. The van der Waals surface area contributed by atoms with Crippen LogP contribution in [0.5, 0.6) is 0 Å². The zero-order chi connectivity index (χ0) is 21.0. The Morgan fingerprint density at radius 2 is 1.93 bits per heavy atom. The molecule has 2 aromatic carbocycles. The molecule has 156 valence electrons. The molecule has 1 saturated heterocycles. The first kappa shape index (κ1) is 21.3. The fourth-order valence-corrected chi connectivity index (χ4v) is 4.96. The fraction of sp³-hybridized carbons (Fsp3) is 0.409. The molecule has 6 nitrogen and oxygen atoms in total. The minimum atomic E-state index is -3.62. The van der Waals surface area contributed by atoms with Gasteiger partial charge >= 0.3 is 0 Å². The number of hydrogen-bond donors (Lipinski definition) is 1. The molecule has 1 heterocycles. The van der Waals surface area contributed by atoms with Gasteiger partial charge < -0.3 is 9.80 Å². The lowest BCUT2D eigenvalue weighted by atomic mass is 10.2. The van der Waals surface area contributed by atoms with E-state index < -0.39 is 10.0 Å². The van der Waals surface area contributed by atoms with Crippen molar-refractivity contribution in [3.8, 4) is 0 Å². The minimum absolute atomic E-state index is 0.0916. The Hall–Kier alpha value is -2.38. The van der Waals surface area contributed by atoms with Crippen LogP contribution in [0.25, 0.3) is 0 Å². The summed E-state index contributed by atoms with van der Waals surface area (Å²) in [6.07, 6.45) is 1.39. The summed E-state index contributed by atoms with van der Waals surface area (Å²) < 4.78 is 28.3. The molecule has 1 aliphatic rings. The van der Waals surface area contributed by atoms with E-state index in [4.69, 9.17) is 0 Å². The van der Waals surface area contributed by atoms with Crippen LogP contribution in [-0.4, -0.2) is 40.5 Å². The highest BCUT2D eigenvalue weighted by atomic mass is 32.2. The number of anilines is 2. The van der Waals surface area contributed by atoms with Crippen LogP contribution < -0.4 is 14.5 Å². The van der Waals surface area contributed by atoms with E-state index in [2.05, 4.69) is 22.6 Å². The van der Waals surface area contributed by atoms with E-state index in [0.717, 1.165) is 24.3 Å². The predicted molar refractivity (Wildman–Crippen MR) is 117 cm³/mol. The molecule has 1 fully saturated rings. The summed E-state index contributed by atoms with van der Waals surface area (Å²) in [6, 6.07) is 13.3. The highest BCUT2D eigenvalue weighted by Crippen LogP contribution is 2.26. The number of sulfonamides is 1. The van der Waals surface area contributed by atoms with Crippen LogP contribution in [-0.2, 0) is 14.8 Å². The lowest BCUT2D eigenvalue weighted by molar-refractivity contribution is -0.117. The molecule has 2 aromatic rings. The van der Waals surface area contributed by atoms with Gasteiger partial charge in [0, 0.05) is 44.0 Å². The monoisotopic (exact) mass is 415 g/mol. The zero-order valence-electron chi connectivity index (χ0n) is 17.3. The maximum absolute atomic E-state index is 12.8. The Bertz CT molecular complexity index is 989. The maximum atomic E-state index is 12.8. The van der Waals surface area contributed by atoms with Crippen LogP contribution >= 0.6 is 0 Å². The van der Waals surface area contributed by atoms with Gasteiger partial charge in [-0.2, -0.15) is 0 Å². The predicted octanol–water partition coefficient (Wildman–Crippen LogP) is 3.24. The number of aryl methyl sites for hydroxylation is 2. The summed E-state index contributed by atoms with van der Waals surface area (Å²) in [7, 11) is -3.62. The third-order valence-electron chi connectivity index (χ3n) is 5.26. The van der Waals surface area contributed by atoms with Gasteiger partial charge in [0.2, 0.25) is 15.9 Å². The van der Waals surface area contributed by atoms with Crippen molar-refractivity contribution in [3.05, 3.63) is 53.6 Å². The number of hydrogen-bond acceptors (Lipinski definition) is 4. The highest BCUT2D eigenvalue weighted by Gasteiger charge is 2.23. The minimum Gasteiger partial charge on any atom is -0.370 e. The number of amides is 1. The van der Waals surface area contributed by atoms with Crippen molar-refractivity contribution in [3.63, 3.8) is 0 Å². The van der Waals surface area contributed by atoms with E-state index in [1.165, 1.54) is 5.56 Å². The van der Waals surface area contributed by atoms with Gasteiger partial charge in [0.1, 0.15) is 0 Å². The number of likely N-dealkylation sites (N-methyl/N-ethyl adjacent to an activating group) is 1. The summed E-state index contributed by atoms with van der Waals surface area (Å²) in [5.74, 6) is 0.0916. The third kappa shape index (κ3) is 4.97. The van der Waals surface area contributed by atoms with Gasteiger partial charge in [-0.25, -0.2) is 13.1 Å². The molecule has 0 saturated carbocycles. The summed E-state index contributed by atoms with van der Waals surface area (Å²) >= 11 is 0. The van der Waals surface area contributed by atoms with E-state index in [9.17, 15) is 13.2 Å². The van der Waals surface area contributed by atoms with Crippen LogP contribution in [0, 0.1) is 13.8 Å². The lowest BCUT2D eigenvalue weighted by Gasteiger charge is -2.24. The molecule has 1 aliphatic heterocycles. The molecule has 29 heavy (non-hydrogen) atoms. The summed E-state index contributed by atoms with van der Waals surface area (Å²) in [5.41, 5.74) is 3.66. The molecule has 0 aliphatic carbocycles. The Morgan fingerprint density at radius 3 is 2.55 bits per heavy atom. The van der Waals surface area contributed by atoms with Crippen molar-refractivity contribution in [2.24, 2.45) is 0 Å². The van der Waals surface area contributed by atoms with Gasteiger partial charge in [0.25, 0.3) is 0 Å². The van der Waals surface area contributed by atoms with Gasteiger partial charge in [-0.15, -0.1) is 0 Å². The first-order valence-corrected chi connectivity index (χ1v) is 11.5. The average molecular weight is 416 g/mol. The molecule has 3 rings (SSSR count). The second-order valence-corrected chi connectivity index (χ2v) is 9.15. The fourth-order valence-electron chi connectivity index (χ4n) is 3.71. The van der Waals surface area contributed by atoms with Gasteiger partial charge in [-0.05, 0) is 68.7 Å². The molecule has 0 radical (unpaired) electrons. The van der Waals surface area contributed by atoms with Crippen molar-refractivity contribution < 1.29 is 13.2 Å². The average Bonchev–Trinajstić information content (AvgIpc) is 3.11. The van der Waals surface area contributed by atoms with Gasteiger partial charge in [0.15, 0.2) is 0 Å². The molecule has 0 unspecified atom stereocenters. The molecule has 1 amide bonds. The molecule has 0 atom stereocenters. The van der Waals surface area contributed by atoms with Crippen molar-refractivity contribution in [2.75, 3.05) is 36.0 Å². The molecule has 0 bridgehead atoms. The Balaban J connectivity index is 1.67. The van der Waals surface area contributed by atoms with Crippen LogP contribution in [0.15, 0.2) is 47.4 Å². The number of carbonyl (C=O) groups is 1. The lowest BCUT2D eigenvalue weighted by Crippen LogP contribution is -2.35. The van der Waals surface area contributed by atoms with E-state index >= 15 is 0 Å². The second kappa shape index (κ2) is 8.97. The van der Waals surface area contributed by atoms with Crippen molar-refractivity contribution in [1.29, 1.82) is 0 Å². The Labute approximate surface area is 173 Å². The van der Waals surface area contributed by atoms with Crippen LogP contribution in [0.3, 0.4) is 0 Å². The van der Waals surface area contributed by atoms with Gasteiger partial charge in [-0.1, -0.05) is 12.1 Å². The molecule has 1 N–H and O–H groups in total. The normalized spacial score (nSPS) is 14.4. The van der Waals surface area contributed by atoms with Crippen LogP contribution in [0.4, 0.5) is 11.4 Å². The first-order chi connectivity index (χ1) is 13.8. The highest BCUT2D eigenvalue weighted by molar-refractivity contribution is 7.89. The smallest absolute Gasteiger partial charge is 0.240 e. The summed E-state index contributed by atoms with van der Waals surface area (Å²) in [5, 5.41) is 0. The molecular formula is C22H29N3O3S. The van der Waals surface area contributed by atoms with E-state index in [-0.39, 0.29) is 10.8 Å². The largest absolute Gasteiger partial charge is 0.370 e. The maximum Gasteiger partial charge on any atom is 0.240 e. The van der Waals surface area contributed by atoms with Crippen LogP contribution in [0.1, 0.15) is 30.9 Å². The number of rotatable bonds is 8. The Kier molecular flexibility index (Phi) is 6.59. The van der Waals surface area contributed by atoms with E-state index in [0.29, 0.717) is 31.6 Å². The number of nitrogens with one attached hydrogen (secondary N) is 1. The number of benzene rings is 2. The molecule has 0 aromatic heterocycles. The third-order valence-corrected chi connectivity index (χ3v) is 6.88. The second-order valence-electron chi connectivity index (χ2n) is 7.42. The van der Waals surface area contributed by atoms with Gasteiger partial charge in [-0.3, -0.25) is 4.79 Å². The van der Waals surface area contributed by atoms with E-state index in [1.807, 2.05) is 25.1 Å².